The van der Waals surface area contributed by atoms with Crippen LogP contribution in [0, 0.1) is 0 Å². The molecule has 0 aromatic carbocycles. The van der Waals surface area contributed by atoms with Crippen molar-refractivity contribution in [3.05, 3.63) is 17.5 Å². The van der Waals surface area contributed by atoms with Crippen molar-refractivity contribution in [2.75, 3.05) is 5.73 Å². The molecule has 1 aromatic heterocycles. The molecule has 0 aliphatic carbocycles. The van der Waals surface area contributed by atoms with Gasteiger partial charge in [0.2, 0.25) is 0 Å². The van der Waals surface area contributed by atoms with Crippen LogP contribution in [-0.4, -0.2) is 17.6 Å². The number of nitrogen functional groups attached to an aromatic ring is 1. The van der Waals surface area contributed by atoms with Crippen molar-refractivity contribution in [1.82, 2.24) is 4.98 Å². The third-order valence-corrected chi connectivity index (χ3v) is 1.59. The number of aldehydes is 1. The van der Waals surface area contributed by atoms with E-state index in [0.717, 1.165) is 0 Å². The maximum absolute atomic E-state index is 12.4. The Labute approximate surface area is 91.2 Å². The highest BCUT2D eigenvalue weighted by molar-refractivity contribution is 5.75. The topological polar surface area (TPSA) is 65.2 Å². The Kier molecular flexibility index (Phi) is 3.49. The van der Waals surface area contributed by atoms with Crippen LogP contribution in [0.1, 0.15) is 22.6 Å². The zero-order valence-electron chi connectivity index (χ0n) is 7.96. The summed E-state index contributed by atoms with van der Waals surface area (Å²) in [4.78, 5) is 13.3. The van der Waals surface area contributed by atoms with Gasteiger partial charge in [-0.05, 0) is 6.07 Å². The molecule has 0 amide bonds. The third-order valence-electron chi connectivity index (χ3n) is 1.59. The number of ether oxygens (including phenoxy) is 1. The van der Waals surface area contributed by atoms with E-state index in [0.29, 0.717) is 6.07 Å². The first-order valence-electron chi connectivity index (χ1n) is 4.04. The summed E-state index contributed by atoms with van der Waals surface area (Å²) in [7, 11) is 0. The Balaban J connectivity index is 3.31. The molecule has 1 rings (SSSR count). The van der Waals surface area contributed by atoms with E-state index in [-0.39, 0.29) is 6.29 Å². The van der Waals surface area contributed by atoms with E-state index in [4.69, 9.17) is 5.73 Å². The predicted octanol–water partition coefficient (Wildman–Crippen LogP) is 2.31. The van der Waals surface area contributed by atoms with Crippen molar-refractivity contribution in [3.8, 4) is 5.75 Å². The van der Waals surface area contributed by atoms with Gasteiger partial charge < -0.3 is 10.5 Å². The number of carbonyl (C=O) groups excluding carboxylic acids is 1. The fourth-order valence-electron chi connectivity index (χ4n) is 1.03. The lowest BCUT2D eigenvalue weighted by Gasteiger charge is -2.14. The van der Waals surface area contributed by atoms with Crippen molar-refractivity contribution in [3.63, 3.8) is 0 Å². The van der Waals surface area contributed by atoms with E-state index in [2.05, 4.69) is 9.72 Å². The average molecular weight is 256 g/mol. The number of rotatable bonds is 3. The van der Waals surface area contributed by atoms with Crippen LogP contribution in [0.3, 0.4) is 0 Å². The van der Waals surface area contributed by atoms with Gasteiger partial charge in [-0.2, -0.15) is 0 Å². The minimum Gasteiger partial charge on any atom is -0.401 e. The van der Waals surface area contributed by atoms with Gasteiger partial charge in [0.05, 0.1) is 5.69 Å². The van der Waals surface area contributed by atoms with Crippen molar-refractivity contribution >= 4 is 12.0 Å². The van der Waals surface area contributed by atoms with Crippen molar-refractivity contribution in [2.45, 2.75) is 12.8 Å². The molecular weight excluding hydrogens is 251 g/mol. The van der Waals surface area contributed by atoms with Crippen molar-refractivity contribution in [2.24, 2.45) is 0 Å². The molecule has 0 saturated heterocycles. The Bertz CT molecular complexity index is 433. The molecule has 0 spiro atoms. The highest BCUT2D eigenvalue weighted by atomic mass is 19.4. The number of aromatic nitrogens is 1. The quantitative estimate of drug-likeness (QED) is 0.665. The number of hydrogen-bond acceptors (Lipinski definition) is 4. The summed E-state index contributed by atoms with van der Waals surface area (Å²) in [6.45, 7) is 0. The first kappa shape index (κ1) is 13.1. The van der Waals surface area contributed by atoms with Gasteiger partial charge in [0.25, 0.3) is 6.43 Å². The minimum absolute atomic E-state index is 0.0829. The molecule has 1 aromatic rings. The second-order valence-corrected chi connectivity index (χ2v) is 2.82. The number of hydrogen-bond donors (Lipinski definition) is 1. The highest BCUT2D eigenvalue weighted by Gasteiger charge is 2.35. The van der Waals surface area contributed by atoms with Gasteiger partial charge in [0.1, 0.15) is 5.69 Å². The molecule has 0 bridgehead atoms. The fourth-order valence-corrected chi connectivity index (χ4v) is 1.03. The van der Waals surface area contributed by atoms with Gasteiger partial charge in [-0.1, -0.05) is 0 Å². The van der Waals surface area contributed by atoms with E-state index in [1.54, 1.807) is 0 Å². The fraction of sp³-hybridized carbons (Fsp3) is 0.250. The highest BCUT2D eigenvalue weighted by Crippen LogP contribution is 2.36. The molecule has 0 aliphatic heterocycles. The van der Waals surface area contributed by atoms with Crippen LogP contribution in [0.5, 0.6) is 5.75 Å². The number of alkyl halides is 5. The van der Waals surface area contributed by atoms with Crippen LogP contribution in [0.4, 0.5) is 27.6 Å². The number of nitrogens with two attached hydrogens (primary N) is 1. The summed E-state index contributed by atoms with van der Waals surface area (Å²) >= 11 is 0. The first-order chi connectivity index (χ1) is 7.74. The number of pyridine rings is 1. The van der Waals surface area contributed by atoms with Crippen LogP contribution in [-0.2, 0) is 0 Å². The molecule has 4 nitrogen and oxygen atoms in total. The molecule has 9 heteroatoms. The van der Waals surface area contributed by atoms with Gasteiger partial charge in [-0.15, -0.1) is 13.2 Å². The smallest absolute Gasteiger partial charge is 0.401 e. The largest absolute Gasteiger partial charge is 0.573 e. The molecule has 0 fully saturated rings. The number of anilines is 1. The number of carbonyl (C=O) groups is 1. The summed E-state index contributed by atoms with van der Waals surface area (Å²) in [5, 5.41) is 0. The van der Waals surface area contributed by atoms with Gasteiger partial charge in [-0.25, -0.2) is 13.8 Å². The van der Waals surface area contributed by atoms with E-state index in [9.17, 15) is 26.7 Å². The van der Waals surface area contributed by atoms with E-state index in [1.165, 1.54) is 0 Å². The zero-order chi connectivity index (χ0) is 13.2. The normalized spacial score (nSPS) is 11.6. The van der Waals surface area contributed by atoms with Gasteiger partial charge in [0, 0.05) is 0 Å². The Hall–Kier alpha value is -1.93. The maximum Gasteiger partial charge on any atom is 0.573 e. The average Bonchev–Trinajstić information content (AvgIpc) is 2.18. The van der Waals surface area contributed by atoms with Crippen LogP contribution in [0.2, 0.25) is 0 Å². The zero-order valence-corrected chi connectivity index (χ0v) is 7.96. The second kappa shape index (κ2) is 4.52. The van der Waals surface area contributed by atoms with Gasteiger partial charge >= 0.3 is 6.36 Å². The van der Waals surface area contributed by atoms with E-state index < -0.39 is 35.6 Å². The SMILES string of the molecule is Nc1cc(C=O)nc(C(F)F)c1OC(F)(F)F. The number of halogens is 5. The van der Waals surface area contributed by atoms with Gasteiger partial charge in [0.15, 0.2) is 17.7 Å². The van der Waals surface area contributed by atoms with E-state index in [1.807, 2.05) is 0 Å². The molecule has 0 unspecified atom stereocenters. The lowest BCUT2D eigenvalue weighted by atomic mass is 10.2. The maximum atomic E-state index is 12.4. The molecule has 2 N–H and O–H groups in total. The first-order valence-corrected chi connectivity index (χ1v) is 4.04. The molecular formula is C8H5F5N2O2. The predicted molar refractivity (Wildman–Crippen MR) is 45.7 cm³/mol. The van der Waals surface area contributed by atoms with E-state index >= 15 is 0 Å². The van der Waals surface area contributed by atoms with Crippen LogP contribution >= 0.6 is 0 Å². The second-order valence-electron chi connectivity index (χ2n) is 2.82. The summed E-state index contributed by atoms with van der Waals surface area (Å²) in [6.07, 6.45) is -8.45. The van der Waals surface area contributed by atoms with Crippen molar-refractivity contribution < 1.29 is 31.5 Å². The molecule has 17 heavy (non-hydrogen) atoms. The number of nitrogens with zero attached hydrogens (tertiary/aromatic N) is 1. The lowest BCUT2D eigenvalue weighted by molar-refractivity contribution is -0.275. The standard InChI is InChI=1S/C8H5F5N2O2/c9-7(10)5-6(17-8(11,12)13)4(14)1-3(2-16)15-5/h1-2,7H,(H2,14,15). The lowest BCUT2D eigenvalue weighted by Crippen LogP contribution is -2.20. The molecule has 0 aliphatic rings. The molecule has 1 heterocycles. The monoisotopic (exact) mass is 256 g/mol. The summed E-state index contributed by atoms with van der Waals surface area (Å²) in [5.74, 6) is -1.29. The molecule has 94 valence electrons. The summed E-state index contributed by atoms with van der Waals surface area (Å²) < 4.78 is 64.0. The van der Waals surface area contributed by atoms with Crippen molar-refractivity contribution in [1.29, 1.82) is 0 Å². The third kappa shape index (κ3) is 3.26. The Morgan fingerprint density at radius 1 is 1.41 bits per heavy atom. The minimum atomic E-state index is -5.18. The molecule has 0 atom stereocenters. The van der Waals surface area contributed by atoms with Gasteiger partial charge in [-0.3, -0.25) is 4.79 Å². The summed E-state index contributed by atoms with van der Waals surface area (Å²) in [5.41, 5.74) is 2.51. The molecule has 0 radical (unpaired) electrons. The Morgan fingerprint density at radius 2 is 2.00 bits per heavy atom. The van der Waals surface area contributed by atoms with Crippen LogP contribution in [0.15, 0.2) is 6.07 Å². The van der Waals surface area contributed by atoms with Crippen LogP contribution < -0.4 is 10.5 Å². The summed E-state index contributed by atoms with van der Waals surface area (Å²) in [6, 6.07) is 0.708. The Morgan fingerprint density at radius 3 is 2.41 bits per heavy atom. The molecule has 0 saturated carbocycles. The van der Waals surface area contributed by atoms with Crippen LogP contribution in [0.25, 0.3) is 0 Å².